The Morgan fingerprint density at radius 1 is 1.08 bits per heavy atom. The molecule has 2 atom stereocenters. The highest BCUT2D eigenvalue weighted by molar-refractivity contribution is 5.94. The summed E-state index contributed by atoms with van der Waals surface area (Å²) < 4.78 is 5.24. The smallest absolute Gasteiger partial charge is 0.213 e. The van der Waals surface area contributed by atoms with E-state index in [4.69, 9.17) is 4.74 Å². The molecule has 0 aromatic carbocycles. The SMILES string of the molecule is COc1cc(-c2cc3c(N4CC5CC[C@H](C4)N5)ccnc3[nH]2)ccn1. The molecule has 3 aromatic rings. The Morgan fingerprint density at radius 2 is 1.88 bits per heavy atom. The van der Waals surface area contributed by atoms with E-state index in [1.54, 1.807) is 13.3 Å². The van der Waals surface area contributed by atoms with Gasteiger partial charge in [0.1, 0.15) is 5.65 Å². The van der Waals surface area contributed by atoms with Gasteiger partial charge in [-0.2, -0.15) is 0 Å². The van der Waals surface area contributed by atoms with Gasteiger partial charge in [-0.1, -0.05) is 0 Å². The third-order valence-electron chi connectivity index (χ3n) is 5.32. The van der Waals surface area contributed by atoms with Crippen LogP contribution in [0.1, 0.15) is 12.8 Å². The van der Waals surface area contributed by atoms with Crippen molar-refractivity contribution in [3.05, 3.63) is 36.7 Å². The number of methoxy groups -OCH3 is 1. The van der Waals surface area contributed by atoms with E-state index in [0.29, 0.717) is 18.0 Å². The lowest BCUT2D eigenvalue weighted by Crippen LogP contribution is -2.51. The molecule has 6 heteroatoms. The van der Waals surface area contributed by atoms with Crippen LogP contribution in [0.25, 0.3) is 22.3 Å². The molecule has 5 rings (SSSR count). The molecule has 3 aromatic heterocycles. The first-order valence-electron chi connectivity index (χ1n) is 8.79. The summed E-state index contributed by atoms with van der Waals surface area (Å²) in [5.41, 5.74) is 4.28. The second-order valence-corrected chi connectivity index (χ2v) is 6.91. The molecule has 2 N–H and O–H groups in total. The lowest BCUT2D eigenvalue weighted by atomic mass is 10.1. The molecule has 5 heterocycles. The molecule has 0 spiro atoms. The van der Waals surface area contributed by atoms with Gasteiger partial charge in [-0.15, -0.1) is 0 Å². The van der Waals surface area contributed by atoms with E-state index in [1.165, 1.54) is 23.9 Å². The summed E-state index contributed by atoms with van der Waals surface area (Å²) >= 11 is 0. The highest BCUT2D eigenvalue weighted by atomic mass is 16.5. The topological polar surface area (TPSA) is 66.1 Å². The largest absolute Gasteiger partial charge is 0.481 e. The molecular formula is C19H21N5O. The first kappa shape index (κ1) is 14.7. The molecule has 2 saturated heterocycles. The molecule has 0 radical (unpaired) electrons. The highest BCUT2D eigenvalue weighted by Crippen LogP contribution is 2.33. The number of rotatable bonds is 3. The van der Waals surface area contributed by atoms with Crippen molar-refractivity contribution in [2.24, 2.45) is 0 Å². The van der Waals surface area contributed by atoms with Crippen LogP contribution in [0.3, 0.4) is 0 Å². The van der Waals surface area contributed by atoms with Gasteiger partial charge in [0.15, 0.2) is 0 Å². The third kappa shape index (κ3) is 2.53. The van der Waals surface area contributed by atoms with Crippen LogP contribution in [0.4, 0.5) is 5.69 Å². The molecule has 128 valence electrons. The molecule has 2 fully saturated rings. The van der Waals surface area contributed by atoms with Crippen molar-refractivity contribution in [1.29, 1.82) is 0 Å². The minimum absolute atomic E-state index is 0.614. The molecule has 6 nitrogen and oxygen atoms in total. The number of nitrogens with zero attached hydrogens (tertiary/aromatic N) is 3. The number of nitrogens with one attached hydrogen (secondary N) is 2. The number of aromatic amines is 1. The summed E-state index contributed by atoms with van der Waals surface area (Å²) in [4.78, 5) is 14.7. The summed E-state index contributed by atoms with van der Waals surface area (Å²) in [6, 6.07) is 9.48. The van der Waals surface area contributed by atoms with Crippen LogP contribution < -0.4 is 15.0 Å². The van der Waals surface area contributed by atoms with E-state index >= 15 is 0 Å². The van der Waals surface area contributed by atoms with Gasteiger partial charge in [-0.05, 0) is 31.0 Å². The standard InChI is InChI=1S/C19H21N5O/c1-25-18-8-12(4-6-20-18)16-9-15-17(5-7-21-19(15)23-16)24-10-13-2-3-14(11-24)22-13/h4-9,13-14,22H,2-3,10-11H2,1H3,(H,21,23)/t13-,14?/m1/s1. The van der Waals surface area contributed by atoms with Gasteiger partial charge in [0, 0.05) is 66.0 Å². The summed E-state index contributed by atoms with van der Waals surface area (Å²) in [5.74, 6) is 0.614. The van der Waals surface area contributed by atoms with Crippen molar-refractivity contribution in [3.63, 3.8) is 0 Å². The summed E-state index contributed by atoms with van der Waals surface area (Å²) in [5, 5.41) is 4.87. The highest BCUT2D eigenvalue weighted by Gasteiger charge is 2.32. The minimum atomic E-state index is 0.614. The lowest BCUT2D eigenvalue weighted by molar-refractivity contribution is 0.398. The first-order chi connectivity index (χ1) is 12.3. The zero-order valence-electron chi connectivity index (χ0n) is 14.2. The van der Waals surface area contributed by atoms with Crippen LogP contribution >= 0.6 is 0 Å². The van der Waals surface area contributed by atoms with Gasteiger partial charge in [-0.25, -0.2) is 9.97 Å². The third-order valence-corrected chi connectivity index (χ3v) is 5.32. The molecule has 2 aliphatic rings. The summed E-state index contributed by atoms with van der Waals surface area (Å²) in [6.07, 6.45) is 6.23. The molecule has 1 unspecified atom stereocenters. The van der Waals surface area contributed by atoms with Crippen molar-refractivity contribution in [2.75, 3.05) is 25.1 Å². The number of ether oxygens (including phenoxy) is 1. The second kappa shape index (κ2) is 5.74. The van der Waals surface area contributed by atoms with Crippen LogP contribution in [-0.2, 0) is 0 Å². The number of piperazine rings is 1. The van der Waals surface area contributed by atoms with Crippen molar-refractivity contribution in [3.8, 4) is 17.1 Å². The average molecular weight is 335 g/mol. The maximum absolute atomic E-state index is 5.24. The second-order valence-electron chi connectivity index (χ2n) is 6.91. The Hall–Kier alpha value is -2.60. The van der Waals surface area contributed by atoms with Gasteiger partial charge in [0.2, 0.25) is 5.88 Å². The number of H-pyrrole nitrogens is 1. The molecule has 25 heavy (non-hydrogen) atoms. The van der Waals surface area contributed by atoms with Gasteiger partial charge in [-0.3, -0.25) is 0 Å². The Morgan fingerprint density at radius 3 is 2.68 bits per heavy atom. The molecule has 0 aliphatic carbocycles. The van der Waals surface area contributed by atoms with Gasteiger partial charge in [0.25, 0.3) is 0 Å². The minimum Gasteiger partial charge on any atom is -0.481 e. The Labute approximate surface area is 146 Å². The van der Waals surface area contributed by atoms with Crippen LogP contribution in [0.15, 0.2) is 36.7 Å². The van der Waals surface area contributed by atoms with E-state index in [0.717, 1.165) is 30.0 Å². The van der Waals surface area contributed by atoms with Gasteiger partial charge in [0.05, 0.1) is 7.11 Å². The van der Waals surface area contributed by atoms with Crippen LogP contribution in [0, 0.1) is 0 Å². The van der Waals surface area contributed by atoms with E-state index in [-0.39, 0.29) is 0 Å². The maximum Gasteiger partial charge on any atom is 0.213 e. The molecule has 0 saturated carbocycles. The van der Waals surface area contributed by atoms with Gasteiger partial charge < -0.3 is 19.9 Å². The van der Waals surface area contributed by atoms with Crippen LogP contribution in [-0.4, -0.2) is 47.2 Å². The van der Waals surface area contributed by atoms with Crippen molar-refractivity contribution in [1.82, 2.24) is 20.3 Å². The zero-order chi connectivity index (χ0) is 16.8. The Balaban J connectivity index is 1.56. The van der Waals surface area contributed by atoms with Crippen LogP contribution in [0.2, 0.25) is 0 Å². The molecular weight excluding hydrogens is 314 g/mol. The summed E-state index contributed by atoms with van der Waals surface area (Å²) in [7, 11) is 1.63. The van der Waals surface area contributed by atoms with Gasteiger partial charge >= 0.3 is 0 Å². The normalized spacial score (nSPS) is 22.5. The Kier molecular flexibility index (Phi) is 3.38. The monoisotopic (exact) mass is 335 g/mol. The quantitative estimate of drug-likeness (QED) is 0.770. The molecule has 2 bridgehead atoms. The van der Waals surface area contributed by atoms with Crippen LogP contribution in [0.5, 0.6) is 5.88 Å². The van der Waals surface area contributed by atoms with Crippen molar-refractivity contribution < 1.29 is 4.74 Å². The molecule has 2 aliphatic heterocycles. The van der Waals surface area contributed by atoms with E-state index in [9.17, 15) is 0 Å². The van der Waals surface area contributed by atoms with E-state index in [1.807, 2.05) is 18.3 Å². The predicted molar refractivity (Wildman–Crippen MR) is 98.0 cm³/mol. The average Bonchev–Trinajstić information content (AvgIpc) is 3.24. The summed E-state index contributed by atoms with van der Waals surface area (Å²) in [6.45, 7) is 2.14. The van der Waals surface area contributed by atoms with E-state index < -0.39 is 0 Å². The fourth-order valence-corrected chi connectivity index (χ4v) is 4.13. The van der Waals surface area contributed by atoms with E-state index in [2.05, 4.69) is 37.3 Å². The number of hydrogen-bond donors (Lipinski definition) is 2. The Bertz CT molecular complexity index is 909. The number of aromatic nitrogens is 3. The first-order valence-corrected chi connectivity index (χ1v) is 8.79. The van der Waals surface area contributed by atoms with Crippen molar-refractivity contribution in [2.45, 2.75) is 24.9 Å². The fraction of sp³-hybridized carbons (Fsp3) is 0.368. The number of pyridine rings is 2. The number of anilines is 1. The lowest BCUT2D eigenvalue weighted by Gasteiger charge is -2.34. The van der Waals surface area contributed by atoms with Crippen molar-refractivity contribution >= 4 is 16.7 Å². The fourth-order valence-electron chi connectivity index (χ4n) is 4.13. The number of fused-ring (bicyclic) bond motifs is 3. The predicted octanol–water partition coefficient (Wildman–Crippen LogP) is 2.57. The molecule has 0 amide bonds. The zero-order valence-corrected chi connectivity index (χ0v) is 14.2. The maximum atomic E-state index is 5.24. The number of hydrogen-bond acceptors (Lipinski definition) is 5.